The number of fused-ring (bicyclic) bond motifs is 3. The smallest absolute Gasteiger partial charge is 0.137 e. The lowest BCUT2D eigenvalue weighted by molar-refractivity contribution is 0.118. The molecule has 2 saturated heterocycles. The number of halogens is 1. The van der Waals surface area contributed by atoms with E-state index in [9.17, 15) is 0 Å². The Morgan fingerprint density at radius 1 is 1.20 bits per heavy atom. The van der Waals surface area contributed by atoms with Gasteiger partial charge in [-0.25, -0.2) is 4.98 Å². The molecule has 0 radical (unpaired) electrons. The van der Waals surface area contributed by atoms with Crippen LogP contribution in [0.15, 0.2) is 24.5 Å². The summed E-state index contributed by atoms with van der Waals surface area (Å²) in [5.74, 6) is 0. The number of piperidine rings is 1. The Morgan fingerprint density at radius 3 is 2.70 bits per heavy atom. The van der Waals surface area contributed by atoms with Crippen molar-refractivity contribution in [1.29, 1.82) is 0 Å². The fourth-order valence-corrected chi connectivity index (χ4v) is 4.02. The third-order valence-corrected chi connectivity index (χ3v) is 4.95. The van der Waals surface area contributed by atoms with Crippen molar-refractivity contribution in [3.8, 4) is 0 Å². The Labute approximate surface area is 123 Å². The largest absolute Gasteiger partial charge is 0.328 e. The van der Waals surface area contributed by atoms with E-state index in [0.717, 1.165) is 35.8 Å². The van der Waals surface area contributed by atoms with Crippen LogP contribution >= 0.6 is 11.6 Å². The summed E-state index contributed by atoms with van der Waals surface area (Å²) >= 11 is 6.02. The first kappa shape index (κ1) is 12.6. The molecule has 2 atom stereocenters. The quantitative estimate of drug-likeness (QED) is 0.924. The molecule has 2 aliphatic heterocycles. The number of pyridine rings is 1. The number of nitrogens with two attached hydrogens (primary N) is 1. The fourth-order valence-electron chi connectivity index (χ4n) is 3.85. The van der Waals surface area contributed by atoms with Crippen molar-refractivity contribution in [2.24, 2.45) is 5.73 Å². The SMILES string of the molecule is NC1CC2CCC(C1)N2Cc1cn2cc(Cl)ccc2n1. The average Bonchev–Trinajstić information content (AvgIpc) is 2.89. The molecule has 0 amide bonds. The molecular weight excluding hydrogens is 272 g/mol. The number of hydrogen-bond acceptors (Lipinski definition) is 3. The number of aromatic nitrogens is 2. The third kappa shape index (κ3) is 2.12. The zero-order valence-electron chi connectivity index (χ0n) is 11.4. The van der Waals surface area contributed by atoms with Gasteiger partial charge in [-0.05, 0) is 37.8 Å². The molecule has 4 nitrogen and oxygen atoms in total. The van der Waals surface area contributed by atoms with Crippen LogP contribution in [0.25, 0.3) is 5.65 Å². The van der Waals surface area contributed by atoms with Crippen molar-refractivity contribution in [3.63, 3.8) is 0 Å². The first-order valence-electron chi connectivity index (χ1n) is 7.33. The van der Waals surface area contributed by atoms with Crippen LogP contribution in [0.2, 0.25) is 5.02 Å². The number of imidazole rings is 1. The number of nitrogens with zero attached hydrogens (tertiary/aromatic N) is 3. The van der Waals surface area contributed by atoms with E-state index in [1.165, 1.54) is 12.8 Å². The van der Waals surface area contributed by atoms with E-state index in [1.54, 1.807) is 0 Å². The average molecular weight is 291 g/mol. The van der Waals surface area contributed by atoms with E-state index in [1.807, 2.05) is 22.7 Å². The zero-order chi connectivity index (χ0) is 13.7. The molecule has 0 spiro atoms. The summed E-state index contributed by atoms with van der Waals surface area (Å²) in [6, 6.07) is 5.54. The topological polar surface area (TPSA) is 46.6 Å². The Bertz CT molecular complexity index is 624. The predicted molar refractivity (Wildman–Crippen MR) is 79.8 cm³/mol. The highest BCUT2D eigenvalue weighted by atomic mass is 35.5. The van der Waals surface area contributed by atoms with E-state index in [4.69, 9.17) is 22.3 Å². The molecular formula is C15H19ClN4. The zero-order valence-corrected chi connectivity index (χ0v) is 12.1. The van der Waals surface area contributed by atoms with Crippen LogP contribution < -0.4 is 5.73 Å². The van der Waals surface area contributed by atoms with E-state index < -0.39 is 0 Å². The molecule has 2 aromatic heterocycles. The van der Waals surface area contributed by atoms with Gasteiger partial charge in [0.15, 0.2) is 0 Å². The first-order chi connectivity index (χ1) is 9.69. The molecule has 2 unspecified atom stereocenters. The Balaban J connectivity index is 1.58. The highest BCUT2D eigenvalue weighted by Gasteiger charge is 2.39. The van der Waals surface area contributed by atoms with E-state index in [-0.39, 0.29) is 0 Å². The second-order valence-electron chi connectivity index (χ2n) is 6.13. The molecule has 0 aromatic carbocycles. The van der Waals surface area contributed by atoms with Gasteiger partial charge in [-0.2, -0.15) is 0 Å². The van der Waals surface area contributed by atoms with Crippen LogP contribution in [0.3, 0.4) is 0 Å². The minimum Gasteiger partial charge on any atom is -0.328 e. The van der Waals surface area contributed by atoms with Gasteiger partial charge in [0.2, 0.25) is 0 Å². The van der Waals surface area contributed by atoms with Gasteiger partial charge in [0.25, 0.3) is 0 Å². The molecule has 2 N–H and O–H groups in total. The number of hydrogen-bond donors (Lipinski definition) is 1. The predicted octanol–water partition coefficient (Wildman–Crippen LogP) is 2.44. The molecule has 2 bridgehead atoms. The second-order valence-corrected chi connectivity index (χ2v) is 6.57. The Morgan fingerprint density at radius 2 is 1.95 bits per heavy atom. The molecule has 5 heteroatoms. The maximum atomic E-state index is 6.13. The van der Waals surface area contributed by atoms with E-state index in [0.29, 0.717) is 18.1 Å². The Hall–Kier alpha value is -1.10. The summed E-state index contributed by atoms with van der Waals surface area (Å²) in [6.07, 6.45) is 8.85. The molecule has 4 heterocycles. The highest BCUT2D eigenvalue weighted by molar-refractivity contribution is 6.30. The lowest BCUT2D eigenvalue weighted by atomic mass is 9.98. The van der Waals surface area contributed by atoms with Crippen LogP contribution in [0, 0.1) is 0 Å². The standard InChI is InChI=1S/C15H19ClN4/c16-10-1-4-15-18-12(8-19(15)7-10)9-20-13-2-3-14(20)6-11(17)5-13/h1,4,7-8,11,13-14H,2-3,5-6,9,17H2. The maximum Gasteiger partial charge on any atom is 0.137 e. The summed E-state index contributed by atoms with van der Waals surface area (Å²) in [5.41, 5.74) is 8.22. The van der Waals surface area contributed by atoms with Gasteiger partial charge in [0, 0.05) is 37.1 Å². The van der Waals surface area contributed by atoms with E-state index in [2.05, 4.69) is 11.1 Å². The van der Waals surface area contributed by atoms with Gasteiger partial charge in [-0.3, -0.25) is 4.90 Å². The van der Waals surface area contributed by atoms with Crippen LogP contribution in [0.1, 0.15) is 31.4 Å². The summed E-state index contributed by atoms with van der Waals surface area (Å²) < 4.78 is 2.01. The van der Waals surface area contributed by atoms with Crippen molar-refractivity contribution in [1.82, 2.24) is 14.3 Å². The molecule has 2 aromatic rings. The Kier molecular flexibility index (Phi) is 2.98. The molecule has 20 heavy (non-hydrogen) atoms. The summed E-state index contributed by atoms with van der Waals surface area (Å²) in [6.45, 7) is 0.932. The molecule has 106 valence electrons. The normalized spacial score (nSPS) is 30.2. The maximum absolute atomic E-state index is 6.13. The highest BCUT2D eigenvalue weighted by Crippen LogP contribution is 2.36. The minimum atomic E-state index is 0.392. The van der Waals surface area contributed by atoms with Gasteiger partial charge < -0.3 is 10.1 Å². The third-order valence-electron chi connectivity index (χ3n) is 4.73. The fraction of sp³-hybridized carbons (Fsp3) is 0.533. The van der Waals surface area contributed by atoms with Crippen molar-refractivity contribution in [3.05, 3.63) is 35.2 Å². The van der Waals surface area contributed by atoms with Crippen LogP contribution in [-0.2, 0) is 6.54 Å². The van der Waals surface area contributed by atoms with E-state index >= 15 is 0 Å². The lowest BCUT2D eigenvalue weighted by Gasteiger charge is -2.37. The monoisotopic (exact) mass is 290 g/mol. The summed E-state index contributed by atoms with van der Waals surface area (Å²) in [7, 11) is 0. The van der Waals surface area contributed by atoms with Crippen LogP contribution in [0.4, 0.5) is 0 Å². The van der Waals surface area contributed by atoms with Crippen molar-refractivity contribution < 1.29 is 0 Å². The van der Waals surface area contributed by atoms with Gasteiger partial charge in [-0.15, -0.1) is 0 Å². The van der Waals surface area contributed by atoms with Gasteiger partial charge >= 0.3 is 0 Å². The van der Waals surface area contributed by atoms with Crippen LogP contribution in [-0.4, -0.2) is 32.4 Å². The molecule has 2 aliphatic rings. The molecule has 2 fully saturated rings. The number of rotatable bonds is 2. The van der Waals surface area contributed by atoms with Crippen molar-refractivity contribution in [2.45, 2.75) is 50.4 Å². The van der Waals surface area contributed by atoms with Gasteiger partial charge in [-0.1, -0.05) is 11.6 Å². The van der Waals surface area contributed by atoms with Crippen molar-refractivity contribution in [2.75, 3.05) is 0 Å². The summed E-state index contributed by atoms with van der Waals surface area (Å²) in [4.78, 5) is 7.30. The molecule has 0 aliphatic carbocycles. The molecule has 4 rings (SSSR count). The minimum absolute atomic E-state index is 0.392. The van der Waals surface area contributed by atoms with Crippen molar-refractivity contribution >= 4 is 17.2 Å². The summed E-state index contributed by atoms with van der Waals surface area (Å²) in [5, 5.41) is 0.741. The van der Waals surface area contributed by atoms with Gasteiger partial charge in [0.05, 0.1) is 10.7 Å². The lowest BCUT2D eigenvalue weighted by Crippen LogP contribution is -2.46. The molecule has 0 saturated carbocycles. The van der Waals surface area contributed by atoms with Gasteiger partial charge in [0.1, 0.15) is 5.65 Å². The second kappa shape index (κ2) is 4.72. The van der Waals surface area contributed by atoms with Crippen LogP contribution in [0.5, 0.6) is 0 Å². The first-order valence-corrected chi connectivity index (χ1v) is 7.71.